The Morgan fingerprint density at radius 3 is 2.38 bits per heavy atom. The van der Waals surface area contributed by atoms with Crippen LogP contribution in [0.4, 0.5) is 4.39 Å². The Morgan fingerprint density at radius 2 is 1.79 bits per heavy atom. The van der Waals surface area contributed by atoms with E-state index in [-0.39, 0.29) is 40.3 Å². The number of rotatable bonds is 15. The van der Waals surface area contributed by atoms with Crippen molar-refractivity contribution in [3.8, 4) is 17.2 Å². The lowest BCUT2D eigenvalue weighted by atomic mass is 9.92. The van der Waals surface area contributed by atoms with Gasteiger partial charge in [0.25, 0.3) is 0 Å². The normalized spacial score (nSPS) is 13.3. The number of carbonyl (C=O) groups excluding carboxylic acids is 3. The molecule has 3 atom stereocenters. The van der Waals surface area contributed by atoms with Gasteiger partial charge in [-0.05, 0) is 37.8 Å². The number of nitrogens with zero attached hydrogens (tertiary/aromatic N) is 1. The summed E-state index contributed by atoms with van der Waals surface area (Å²) in [5, 5.41) is 0.187. The first kappa shape index (κ1) is 31.8. The molecule has 39 heavy (non-hydrogen) atoms. The van der Waals surface area contributed by atoms with Crippen LogP contribution in [-0.2, 0) is 19.1 Å². The third-order valence-corrected chi connectivity index (χ3v) is 6.32. The molecular weight excluding hydrogens is 533 g/mol. The van der Waals surface area contributed by atoms with Gasteiger partial charge in [-0.1, -0.05) is 32.4 Å². The zero-order chi connectivity index (χ0) is 29.1. The minimum Gasteiger partial charge on any atom is -0.493 e. The molecule has 0 N–H and O–H groups in total. The third kappa shape index (κ3) is 9.38. The Bertz CT molecular complexity index is 1120. The largest absolute Gasteiger partial charge is 0.493 e. The summed E-state index contributed by atoms with van der Waals surface area (Å²) in [4.78, 5) is 41.2. The molecule has 0 fully saturated rings. The highest BCUT2D eigenvalue weighted by molar-refractivity contribution is 6.30. The van der Waals surface area contributed by atoms with E-state index in [1.807, 2.05) is 13.8 Å². The summed E-state index contributed by atoms with van der Waals surface area (Å²) < 4.78 is 41.1. The highest BCUT2D eigenvalue weighted by atomic mass is 35.5. The van der Waals surface area contributed by atoms with Gasteiger partial charge in [-0.3, -0.25) is 14.4 Å². The second-order valence-corrected chi connectivity index (χ2v) is 9.46. The molecule has 2 rings (SSSR count). The van der Waals surface area contributed by atoms with Crippen molar-refractivity contribution in [3.63, 3.8) is 0 Å². The van der Waals surface area contributed by atoms with Crippen LogP contribution in [0.25, 0.3) is 0 Å². The number of Topliss-reactive ketones (excluding diaryl/α,β-unsaturated/α-hetero) is 1. The van der Waals surface area contributed by atoms with E-state index in [4.69, 9.17) is 35.3 Å². The summed E-state index contributed by atoms with van der Waals surface area (Å²) in [5.41, 5.74) is -0.0737. The monoisotopic (exact) mass is 567 g/mol. The Hall–Kier alpha value is -3.40. The summed E-state index contributed by atoms with van der Waals surface area (Å²) in [7, 11) is 1.39. The van der Waals surface area contributed by atoms with Crippen LogP contribution < -0.4 is 14.2 Å². The standard InChI is InChI=1S/C28H35ClFNO8/c1-7-19(8-2)26(39-22-13-20(29)12-21(30)14-22)17(4)38-28(34)16(3)11-23(33)25-27(37-15-36-18(5)32)24(35-6)9-10-31-25/h9-10,12-14,16-17,19,26H,7-8,11,15H2,1-6H3/t16-,17+,26-/m1/s1. The van der Waals surface area contributed by atoms with Gasteiger partial charge in [0.1, 0.15) is 23.8 Å². The highest BCUT2D eigenvalue weighted by Crippen LogP contribution is 2.32. The van der Waals surface area contributed by atoms with Crippen molar-refractivity contribution < 1.29 is 42.5 Å². The van der Waals surface area contributed by atoms with Gasteiger partial charge in [0.2, 0.25) is 6.79 Å². The maximum Gasteiger partial charge on any atom is 0.309 e. The number of aromatic nitrogens is 1. The Morgan fingerprint density at radius 1 is 1.10 bits per heavy atom. The fourth-order valence-electron chi connectivity index (χ4n) is 4.01. The third-order valence-electron chi connectivity index (χ3n) is 6.10. The van der Waals surface area contributed by atoms with E-state index < -0.39 is 48.5 Å². The van der Waals surface area contributed by atoms with Gasteiger partial charge in [-0.25, -0.2) is 9.37 Å². The van der Waals surface area contributed by atoms with E-state index in [0.717, 1.165) is 12.8 Å². The zero-order valence-electron chi connectivity index (χ0n) is 23.0. The molecule has 0 aliphatic heterocycles. The first-order valence-electron chi connectivity index (χ1n) is 12.7. The first-order valence-corrected chi connectivity index (χ1v) is 13.0. The van der Waals surface area contributed by atoms with Crippen molar-refractivity contribution in [3.05, 3.63) is 47.0 Å². The Balaban J connectivity index is 2.15. The van der Waals surface area contributed by atoms with Crippen LogP contribution in [-0.4, -0.2) is 48.8 Å². The number of carbonyl (C=O) groups is 3. The summed E-state index contributed by atoms with van der Waals surface area (Å²) >= 11 is 5.98. The van der Waals surface area contributed by atoms with Gasteiger partial charge < -0.3 is 23.7 Å². The van der Waals surface area contributed by atoms with E-state index in [1.165, 1.54) is 44.5 Å². The lowest BCUT2D eigenvalue weighted by molar-refractivity contribution is -0.159. The summed E-state index contributed by atoms with van der Waals surface area (Å²) in [6.07, 6.45) is 1.32. The molecule has 0 saturated heterocycles. The lowest BCUT2D eigenvalue weighted by Crippen LogP contribution is -2.40. The molecule has 0 amide bonds. The van der Waals surface area contributed by atoms with Crippen LogP contribution in [0.2, 0.25) is 5.02 Å². The predicted octanol–water partition coefficient (Wildman–Crippen LogP) is 5.81. The van der Waals surface area contributed by atoms with Crippen molar-refractivity contribution >= 4 is 29.3 Å². The number of ether oxygens (including phenoxy) is 5. The topological polar surface area (TPSA) is 110 Å². The van der Waals surface area contributed by atoms with Crippen LogP contribution >= 0.6 is 11.6 Å². The van der Waals surface area contributed by atoms with Gasteiger partial charge in [0, 0.05) is 36.7 Å². The Labute approximate surface area is 232 Å². The molecule has 9 nitrogen and oxygen atoms in total. The van der Waals surface area contributed by atoms with E-state index in [9.17, 15) is 18.8 Å². The van der Waals surface area contributed by atoms with E-state index >= 15 is 0 Å². The van der Waals surface area contributed by atoms with Gasteiger partial charge in [0.15, 0.2) is 23.0 Å². The quantitative estimate of drug-likeness (QED) is 0.150. The molecule has 2 aromatic rings. The second-order valence-electron chi connectivity index (χ2n) is 9.02. The number of halogens is 2. The second kappa shape index (κ2) is 15.3. The number of pyridine rings is 1. The van der Waals surface area contributed by atoms with Gasteiger partial charge in [0.05, 0.1) is 13.0 Å². The fourth-order valence-corrected chi connectivity index (χ4v) is 4.22. The van der Waals surface area contributed by atoms with Crippen LogP contribution in [0.1, 0.15) is 64.4 Å². The van der Waals surface area contributed by atoms with E-state index in [1.54, 1.807) is 13.8 Å². The number of hydrogen-bond donors (Lipinski definition) is 0. The molecule has 0 unspecified atom stereocenters. The zero-order valence-corrected chi connectivity index (χ0v) is 23.7. The molecular formula is C28H35ClFNO8. The molecule has 0 spiro atoms. The number of benzene rings is 1. The Kier molecular flexibility index (Phi) is 12.4. The summed E-state index contributed by atoms with van der Waals surface area (Å²) in [5.74, 6) is -2.60. The predicted molar refractivity (Wildman–Crippen MR) is 142 cm³/mol. The average Bonchev–Trinajstić information content (AvgIpc) is 2.87. The number of hydrogen-bond acceptors (Lipinski definition) is 9. The molecule has 0 aliphatic carbocycles. The summed E-state index contributed by atoms with van der Waals surface area (Å²) in [6.45, 7) is 8.01. The molecule has 1 heterocycles. The van der Waals surface area contributed by atoms with Crippen LogP contribution in [0.3, 0.4) is 0 Å². The first-order chi connectivity index (χ1) is 18.5. The minimum absolute atomic E-state index is 0.00358. The molecule has 0 aliphatic rings. The van der Waals surface area contributed by atoms with Crippen LogP contribution in [0, 0.1) is 17.7 Å². The maximum atomic E-state index is 13.9. The molecule has 1 aromatic heterocycles. The number of esters is 2. The summed E-state index contributed by atoms with van der Waals surface area (Å²) in [6, 6.07) is 5.38. The van der Waals surface area contributed by atoms with Crippen molar-refractivity contribution in [1.82, 2.24) is 4.98 Å². The fraction of sp³-hybridized carbons (Fsp3) is 0.500. The molecule has 0 bridgehead atoms. The lowest BCUT2D eigenvalue weighted by Gasteiger charge is -2.31. The number of ketones is 1. The van der Waals surface area contributed by atoms with Gasteiger partial charge in [-0.15, -0.1) is 0 Å². The molecule has 0 saturated carbocycles. The van der Waals surface area contributed by atoms with E-state index in [2.05, 4.69) is 4.98 Å². The smallest absolute Gasteiger partial charge is 0.309 e. The van der Waals surface area contributed by atoms with Crippen molar-refractivity contribution in [2.24, 2.45) is 11.8 Å². The maximum absolute atomic E-state index is 13.9. The van der Waals surface area contributed by atoms with Crippen molar-refractivity contribution in [1.29, 1.82) is 0 Å². The van der Waals surface area contributed by atoms with Gasteiger partial charge in [-0.2, -0.15) is 0 Å². The molecule has 1 aromatic carbocycles. The highest BCUT2D eigenvalue weighted by Gasteiger charge is 2.32. The molecule has 0 radical (unpaired) electrons. The molecule has 11 heteroatoms. The van der Waals surface area contributed by atoms with Crippen LogP contribution in [0.5, 0.6) is 17.2 Å². The minimum atomic E-state index is -0.833. The number of methoxy groups -OCH3 is 1. The molecule has 214 valence electrons. The average molecular weight is 568 g/mol. The SMILES string of the molecule is CCC(CC)[C@H](Oc1cc(F)cc(Cl)c1)[C@H](C)OC(=O)[C@H](C)CC(=O)c1nccc(OC)c1OCOC(C)=O. The van der Waals surface area contributed by atoms with Crippen molar-refractivity contribution in [2.75, 3.05) is 13.9 Å². The van der Waals surface area contributed by atoms with E-state index in [0.29, 0.717) is 0 Å². The van der Waals surface area contributed by atoms with Crippen LogP contribution in [0.15, 0.2) is 30.5 Å². The van der Waals surface area contributed by atoms with Crippen molar-refractivity contribution in [2.45, 2.75) is 66.1 Å². The van der Waals surface area contributed by atoms with Gasteiger partial charge >= 0.3 is 11.9 Å².